The maximum absolute atomic E-state index is 4.80. The van der Waals surface area contributed by atoms with Gasteiger partial charge < -0.3 is 4.57 Å². The summed E-state index contributed by atoms with van der Waals surface area (Å²) < 4.78 is 6.78. The highest BCUT2D eigenvalue weighted by Crippen LogP contribution is 2.36. The standard InChI is InChI=1S/C36H23N5/c1-3-15-32-28(12-1)30-18-17-24(35-38-23-27-9-5-6-20-39(27)35)21-34(30)40(32)25-10-7-11-26(22-25)41-33-16-4-2-13-29(33)31-14-8-19-37-36(31)41/h1-23H. The van der Waals surface area contributed by atoms with Crippen LogP contribution < -0.4 is 0 Å². The van der Waals surface area contributed by atoms with Crippen molar-refractivity contribution in [3.05, 3.63) is 140 Å². The van der Waals surface area contributed by atoms with E-state index in [1.54, 1.807) is 0 Å². The normalized spacial score (nSPS) is 11.9. The summed E-state index contributed by atoms with van der Waals surface area (Å²) in [4.78, 5) is 9.58. The Hall–Kier alpha value is -5.68. The number of aromatic nitrogens is 5. The minimum atomic E-state index is 0.935. The van der Waals surface area contributed by atoms with Crippen LogP contribution >= 0.6 is 0 Å². The summed E-state index contributed by atoms with van der Waals surface area (Å²) in [6.45, 7) is 0. The molecule has 0 aliphatic heterocycles. The Labute approximate surface area is 235 Å². The first-order chi connectivity index (χ1) is 20.3. The van der Waals surface area contributed by atoms with E-state index in [0.717, 1.165) is 50.3 Å². The van der Waals surface area contributed by atoms with Gasteiger partial charge in [0.15, 0.2) is 0 Å². The molecule has 0 fully saturated rings. The number of hydrogen-bond acceptors (Lipinski definition) is 2. The van der Waals surface area contributed by atoms with Crippen LogP contribution in [0.3, 0.4) is 0 Å². The molecule has 192 valence electrons. The zero-order chi connectivity index (χ0) is 26.9. The maximum atomic E-state index is 4.80. The van der Waals surface area contributed by atoms with E-state index in [1.165, 1.54) is 21.7 Å². The second kappa shape index (κ2) is 8.41. The van der Waals surface area contributed by atoms with Crippen molar-refractivity contribution in [1.29, 1.82) is 0 Å². The quantitative estimate of drug-likeness (QED) is 0.232. The SMILES string of the molecule is c1cc(-n2c3ccccc3c3ccc(-c4ncc5ccccn45)cc32)cc(-n2c3ccccc3c3cccnc32)c1. The van der Waals surface area contributed by atoms with Crippen LogP contribution in [-0.2, 0) is 0 Å². The molecule has 4 aromatic carbocycles. The number of fused-ring (bicyclic) bond motifs is 7. The average molecular weight is 526 g/mol. The van der Waals surface area contributed by atoms with Gasteiger partial charge in [0.2, 0.25) is 0 Å². The molecule has 5 nitrogen and oxygen atoms in total. The van der Waals surface area contributed by atoms with Crippen LogP contribution in [0.1, 0.15) is 0 Å². The van der Waals surface area contributed by atoms with Gasteiger partial charge in [-0.25, -0.2) is 9.97 Å². The molecule has 0 amide bonds. The molecule has 5 aromatic heterocycles. The maximum Gasteiger partial charge on any atom is 0.145 e. The summed E-state index contributed by atoms with van der Waals surface area (Å²) in [5.74, 6) is 0.935. The third-order valence-electron chi connectivity index (χ3n) is 8.15. The van der Waals surface area contributed by atoms with Crippen LogP contribution in [0.2, 0.25) is 0 Å². The van der Waals surface area contributed by atoms with Crippen molar-refractivity contribution in [2.24, 2.45) is 0 Å². The summed E-state index contributed by atoms with van der Waals surface area (Å²) >= 11 is 0. The van der Waals surface area contributed by atoms with E-state index in [1.807, 2.05) is 30.6 Å². The first-order valence-corrected chi connectivity index (χ1v) is 13.8. The fourth-order valence-electron chi connectivity index (χ4n) is 6.37. The van der Waals surface area contributed by atoms with Gasteiger partial charge in [-0.15, -0.1) is 0 Å². The minimum Gasteiger partial charge on any atom is -0.309 e. The monoisotopic (exact) mass is 525 g/mol. The van der Waals surface area contributed by atoms with Crippen LogP contribution in [-0.4, -0.2) is 23.5 Å². The average Bonchev–Trinajstić information content (AvgIpc) is 3.71. The van der Waals surface area contributed by atoms with Crippen molar-refractivity contribution < 1.29 is 0 Å². The highest BCUT2D eigenvalue weighted by Gasteiger charge is 2.17. The molecule has 9 rings (SSSR count). The van der Waals surface area contributed by atoms with E-state index in [0.29, 0.717) is 0 Å². The summed E-state index contributed by atoms with van der Waals surface area (Å²) in [6, 6.07) is 42.9. The molecule has 0 atom stereocenters. The zero-order valence-electron chi connectivity index (χ0n) is 22.0. The molecule has 0 aliphatic carbocycles. The predicted octanol–water partition coefficient (Wildman–Crippen LogP) is 8.59. The van der Waals surface area contributed by atoms with Crippen LogP contribution in [0.15, 0.2) is 140 Å². The first kappa shape index (κ1) is 22.2. The number of rotatable bonds is 3. The molecule has 5 heteroatoms. The number of nitrogens with zero attached hydrogens (tertiary/aromatic N) is 5. The number of imidazole rings is 1. The number of benzene rings is 4. The molecular weight excluding hydrogens is 502 g/mol. The Morgan fingerprint density at radius 3 is 2.07 bits per heavy atom. The molecule has 5 heterocycles. The topological polar surface area (TPSA) is 40.0 Å². The molecule has 0 saturated heterocycles. The van der Waals surface area contributed by atoms with Crippen molar-refractivity contribution in [2.45, 2.75) is 0 Å². The number of para-hydroxylation sites is 2. The molecule has 0 unspecified atom stereocenters. The van der Waals surface area contributed by atoms with Gasteiger partial charge in [-0.3, -0.25) is 8.97 Å². The largest absolute Gasteiger partial charge is 0.309 e. The number of hydrogen-bond donors (Lipinski definition) is 0. The number of pyridine rings is 2. The fraction of sp³-hybridized carbons (Fsp3) is 0. The summed E-state index contributed by atoms with van der Waals surface area (Å²) in [6.07, 6.45) is 5.87. The van der Waals surface area contributed by atoms with Gasteiger partial charge in [0.1, 0.15) is 11.5 Å². The van der Waals surface area contributed by atoms with Gasteiger partial charge in [0, 0.05) is 50.9 Å². The van der Waals surface area contributed by atoms with Crippen molar-refractivity contribution in [1.82, 2.24) is 23.5 Å². The van der Waals surface area contributed by atoms with Gasteiger partial charge in [-0.1, -0.05) is 60.7 Å². The Morgan fingerprint density at radius 2 is 1.20 bits per heavy atom. The highest BCUT2D eigenvalue weighted by atomic mass is 15.1. The Balaban J connectivity index is 1.31. The van der Waals surface area contributed by atoms with Crippen LogP contribution in [0.4, 0.5) is 0 Å². The molecular formula is C36H23N5. The third kappa shape index (κ3) is 3.17. The molecule has 0 N–H and O–H groups in total. The van der Waals surface area contributed by atoms with Crippen molar-refractivity contribution >= 4 is 49.3 Å². The minimum absolute atomic E-state index is 0.935. The van der Waals surface area contributed by atoms with Gasteiger partial charge in [0.25, 0.3) is 0 Å². The summed E-state index contributed by atoms with van der Waals surface area (Å²) in [5.41, 5.74) is 8.76. The van der Waals surface area contributed by atoms with E-state index < -0.39 is 0 Å². The molecule has 0 aliphatic rings. The van der Waals surface area contributed by atoms with E-state index >= 15 is 0 Å². The predicted molar refractivity (Wildman–Crippen MR) is 167 cm³/mol. The summed E-state index contributed by atoms with van der Waals surface area (Å²) in [7, 11) is 0. The molecule has 0 bridgehead atoms. The first-order valence-electron chi connectivity index (χ1n) is 13.8. The van der Waals surface area contributed by atoms with E-state index in [4.69, 9.17) is 9.97 Å². The third-order valence-corrected chi connectivity index (χ3v) is 8.15. The molecule has 41 heavy (non-hydrogen) atoms. The lowest BCUT2D eigenvalue weighted by atomic mass is 10.1. The second-order valence-electron chi connectivity index (χ2n) is 10.4. The van der Waals surface area contributed by atoms with Crippen molar-refractivity contribution in [2.75, 3.05) is 0 Å². The van der Waals surface area contributed by atoms with Crippen LogP contribution in [0.5, 0.6) is 0 Å². The molecule has 0 spiro atoms. The lowest BCUT2D eigenvalue weighted by Crippen LogP contribution is -1.99. The highest BCUT2D eigenvalue weighted by molar-refractivity contribution is 6.10. The fourth-order valence-corrected chi connectivity index (χ4v) is 6.37. The van der Waals surface area contributed by atoms with Gasteiger partial charge in [-0.05, 0) is 60.7 Å². The Bertz CT molecular complexity index is 2390. The second-order valence-corrected chi connectivity index (χ2v) is 10.4. The van der Waals surface area contributed by atoms with Gasteiger partial charge >= 0.3 is 0 Å². The molecule has 0 radical (unpaired) electrons. The zero-order valence-corrected chi connectivity index (χ0v) is 22.0. The van der Waals surface area contributed by atoms with E-state index in [2.05, 4.69) is 123 Å². The van der Waals surface area contributed by atoms with Crippen LogP contribution in [0, 0.1) is 0 Å². The summed E-state index contributed by atoms with van der Waals surface area (Å²) in [5, 5.41) is 4.80. The van der Waals surface area contributed by atoms with Crippen molar-refractivity contribution in [3.8, 4) is 22.8 Å². The molecule has 0 saturated carbocycles. The van der Waals surface area contributed by atoms with E-state index in [9.17, 15) is 0 Å². The molecule has 9 aromatic rings. The lowest BCUT2D eigenvalue weighted by molar-refractivity contribution is 1.11. The van der Waals surface area contributed by atoms with Gasteiger partial charge in [-0.2, -0.15) is 0 Å². The lowest BCUT2D eigenvalue weighted by Gasteiger charge is -2.12. The van der Waals surface area contributed by atoms with Crippen LogP contribution in [0.25, 0.3) is 72.0 Å². The van der Waals surface area contributed by atoms with Crippen molar-refractivity contribution in [3.63, 3.8) is 0 Å². The van der Waals surface area contributed by atoms with Gasteiger partial charge in [0.05, 0.1) is 28.3 Å². The smallest absolute Gasteiger partial charge is 0.145 e. The Morgan fingerprint density at radius 1 is 0.488 bits per heavy atom. The Kier molecular flexibility index (Phi) is 4.55. The van der Waals surface area contributed by atoms with E-state index in [-0.39, 0.29) is 0 Å².